The Kier molecular flexibility index (Phi) is 3.08. The van der Waals surface area contributed by atoms with Gasteiger partial charge in [-0.3, -0.25) is 4.79 Å². The van der Waals surface area contributed by atoms with Crippen LogP contribution in [0.5, 0.6) is 5.75 Å². The summed E-state index contributed by atoms with van der Waals surface area (Å²) >= 11 is 0. The first-order chi connectivity index (χ1) is 10.4. The van der Waals surface area contributed by atoms with Gasteiger partial charge in [-0.15, -0.1) is 0 Å². The van der Waals surface area contributed by atoms with E-state index in [4.69, 9.17) is 14.2 Å². The second-order valence-corrected chi connectivity index (χ2v) is 5.48. The van der Waals surface area contributed by atoms with Gasteiger partial charge in [0.15, 0.2) is 11.2 Å². The molecule has 0 aliphatic heterocycles. The Morgan fingerprint density at radius 3 is 2.45 bits per heavy atom. The van der Waals surface area contributed by atoms with Crippen LogP contribution in [-0.2, 0) is 15.1 Å². The molecule has 0 amide bonds. The summed E-state index contributed by atoms with van der Waals surface area (Å²) < 4.78 is 16.2. The standard InChI is InChI=1S/C17H18O5/c1-9-10(2)17(22-5)14(18)13-11(7-6-8-12(13)20-3)16(17,19)15(9)21-4/h6-8,15,19H,1-2H2,3-5H3/t15-,16-,17-/m1/s1. The van der Waals surface area contributed by atoms with Gasteiger partial charge in [-0.2, -0.15) is 0 Å². The minimum absolute atomic E-state index is 0.296. The third-order valence-electron chi connectivity index (χ3n) is 4.79. The Balaban J connectivity index is 2.42. The second kappa shape index (κ2) is 4.52. The molecule has 1 aromatic carbocycles. The van der Waals surface area contributed by atoms with E-state index in [2.05, 4.69) is 13.2 Å². The zero-order valence-corrected chi connectivity index (χ0v) is 12.8. The molecule has 0 radical (unpaired) electrons. The van der Waals surface area contributed by atoms with Crippen LogP contribution >= 0.6 is 0 Å². The minimum atomic E-state index is -1.72. The Morgan fingerprint density at radius 1 is 1.23 bits per heavy atom. The maximum Gasteiger partial charge on any atom is 0.206 e. The zero-order chi connectivity index (χ0) is 16.3. The Hall–Kier alpha value is -1.95. The van der Waals surface area contributed by atoms with E-state index in [1.54, 1.807) is 18.2 Å². The first-order valence-electron chi connectivity index (χ1n) is 6.82. The summed E-state index contributed by atoms with van der Waals surface area (Å²) in [6.45, 7) is 7.84. The van der Waals surface area contributed by atoms with Crippen LogP contribution in [0.1, 0.15) is 15.9 Å². The highest BCUT2D eigenvalue weighted by molar-refractivity contribution is 6.14. The van der Waals surface area contributed by atoms with Gasteiger partial charge >= 0.3 is 0 Å². The first kappa shape index (κ1) is 15.0. The van der Waals surface area contributed by atoms with Crippen molar-refractivity contribution >= 4 is 5.78 Å². The summed E-state index contributed by atoms with van der Waals surface area (Å²) in [6, 6.07) is 5.06. The van der Waals surface area contributed by atoms with Gasteiger partial charge in [0.1, 0.15) is 11.9 Å². The third kappa shape index (κ3) is 1.28. The molecule has 3 atom stereocenters. The zero-order valence-electron chi connectivity index (χ0n) is 12.8. The molecule has 22 heavy (non-hydrogen) atoms. The van der Waals surface area contributed by atoms with Crippen LogP contribution in [0, 0.1) is 0 Å². The molecule has 3 rings (SSSR count). The number of carbonyl (C=O) groups is 1. The van der Waals surface area contributed by atoms with Crippen molar-refractivity contribution in [1.29, 1.82) is 0 Å². The molecular weight excluding hydrogens is 284 g/mol. The molecular formula is C17H18O5. The van der Waals surface area contributed by atoms with Gasteiger partial charge in [-0.25, -0.2) is 0 Å². The van der Waals surface area contributed by atoms with Gasteiger partial charge in [0.05, 0.1) is 12.7 Å². The monoisotopic (exact) mass is 302 g/mol. The van der Waals surface area contributed by atoms with Crippen molar-refractivity contribution in [2.45, 2.75) is 17.3 Å². The fourth-order valence-corrected chi connectivity index (χ4v) is 3.81. The molecule has 1 N–H and O–H groups in total. The highest BCUT2D eigenvalue weighted by Gasteiger charge is 2.74. The number of ether oxygens (including phenoxy) is 3. The van der Waals surface area contributed by atoms with Gasteiger partial charge in [0.2, 0.25) is 5.78 Å². The van der Waals surface area contributed by atoms with Gasteiger partial charge in [-0.05, 0) is 17.2 Å². The molecule has 0 spiro atoms. The molecule has 2 aliphatic carbocycles. The number of rotatable bonds is 3. The molecule has 0 bridgehead atoms. The first-order valence-corrected chi connectivity index (χ1v) is 6.82. The lowest BCUT2D eigenvalue weighted by molar-refractivity contribution is -0.155. The summed E-state index contributed by atoms with van der Waals surface area (Å²) in [5, 5.41) is 11.5. The minimum Gasteiger partial charge on any atom is -0.496 e. The van der Waals surface area contributed by atoms with Crippen molar-refractivity contribution in [1.82, 2.24) is 0 Å². The van der Waals surface area contributed by atoms with Crippen LogP contribution in [-0.4, -0.2) is 43.9 Å². The second-order valence-electron chi connectivity index (χ2n) is 5.48. The summed E-state index contributed by atoms with van der Waals surface area (Å²) in [5.41, 5.74) is -1.87. The number of benzene rings is 1. The Bertz CT molecular complexity index is 707. The van der Waals surface area contributed by atoms with Crippen LogP contribution in [0.25, 0.3) is 0 Å². The van der Waals surface area contributed by atoms with E-state index in [-0.39, 0.29) is 0 Å². The molecule has 0 heterocycles. The number of fused-ring (bicyclic) bond motifs is 3. The molecule has 2 aliphatic rings. The number of hydrogen-bond donors (Lipinski definition) is 1. The number of ketones is 1. The molecule has 1 aromatic rings. The lowest BCUT2D eigenvalue weighted by Crippen LogP contribution is -2.54. The van der Waals surface area contributed by atoms with E-state index in [0.717, 1.165) is 0 Å². The highest BCUT2D eigenvalue weighted by Crippen LogP contribution is 2.61. The number of hydrogen-bond acceptors (Lipinski definition) is 5. The number of carbonyl (C=O) groups excluding carboxylic acids is 1. The van der Waals surface area contributed by atoms with Crippen molar-refractivity contribution in [2.24, 2.45) is 0 Å². The van der Waals surface area contributed by atoms with Crippen LogP contribution in [0.3, 0.4) is 0 Å². The number of methoxy groups -OCH3 is 3. The quantitative estimate of drug-likeness (QED) is 0.919. The summed E-state index contributed by atoms with van der Waals surface area (Å²) in [7, 11) is 4.30. The predicted octanol–water partition coefficient (Wildman–Crippen LogP) is 1.61. The smallest absolute Gasteiger partial charge is 0.206 e. The lowest BCUT2D eigenvalue weighted by Gasteiger charge is -2.36. The third-order valence-corrected chi connectivity index (χ3v) is 4.79. The SMILES string of the molecule is C=C1C(=C)[C@@]2(OC)C(=O)c3c(OC)cccc3[C@@]2(O)[C@@H]1OC. The van der Waals surface area contributed by atoms with Crippen molar-refractivity contribution in [3.05, 3.63) is 53.6 Å². The van der Waals surface area contributed by atoms with Crippen LogP contribution in [0.15, 0.2) is 42.5 Å². The van der Waals surface area contributed by atoms with E-state index in [9.17, 15) is 9.90 Å². The fourth-order valence-electron chi connectivity index (χ4n) is 3.81. The molecule has 5 heteroatoms. The average Bonchev–Trinajstić information content (AvgIpc) is 2.83. The van der Waals surface area contributed by atoms with Crippen LogP contribution in [0.2, 0.25) is 0 Å². The lowest BCUT2D eigenvalue weighted by atomic mass is 9.83. The Morgan fingerprint density at radius 2 is 1.91 bits per heavy atom. The topological polar surface area (TPSA) is 65.0 Å². The molecule has 0 unspecified atom stereocenters. The van der Waals surface area contributed by atoms with Gasteiger partial charge < -0.3 is 19.3 Å². The van der Waals surface area contributed by atoms with Crippen molar-refractivity contribution in [3.8, 4) is 5.75 Å². The summed E-state index contributed by atoms with van der Waals surface area (Å²) in [4.78, 5) is 13.1. The average molecular weight is 302 g/mol. The van der Waals surface area contributed by atoms with Gasteiger partial charge in [0, 0.05) is 19.8 Å². The van der Waals surface area contributed by atoms with Crippen LogP contribution in [0.4, 0.5) is 0 Å². The van der Waals surface area contributed by atoms with E-state index >= 15 is 0 Å². The maximum absolute atomic E-state index is 13.1. The summed E-state index contributed by atoms with van der Waals surface area (Å²) in [6.07, 6.45) is -0.822. The Labute approximate surface area is 128 Å². The largest absolute Gasteiger partial charge is 0.496 e. The van der Waals surface area contributed by atoms with Gasteiger partial charge in [-0.1, -0.05) is 25.3 Å². The van der Waals surface area contributed by atoms with Crippen molar-refractivity contribution in [2.75, 3.05) is 21.3 Å². The molecule has 116 valence electrons. The molecule has 1 fully saturated rings. The van der Waals surface area contributed by atoms with Crippen molar-refractivity contribution < 1.29 is 24.1 Å². The number of Topliss-reactive ketones (excluding diaryl/α,β-unsaturated/α-hetero) is 1. The normalized spacial score (nSPS) is 33.1. The van der Waals surface area contributed by atoms with Crippen LogP contribution < -0.4 is 4.74 Å². The fraction of sp³-hybridized carbons (Fsp3) is 0.353. The van der Waals surface area contributed by atoms with Gasteiger partial charge in [0.25, 0.3) is 0 Å². The molecule has 5 nitrogen and oxygen atoms in total. The maximum atomic E-state index is 13.1. The molecule has 0 saturated heterocycles. The molecule has 0 aromatic heterocycles. The van der Waals surface area contributed by atoms with E-state index in [1.165, 1.54) is 21.3 Å². The number of aliphatic hydroxyl groups is 1. The van der Waals surface area contributed by atoms with E-state index in [1.807, 2.05) is 0 Å². The highest BCUT2D eigenvalue weighted by atomic mass is 16.5. The summed E-state index contributed by atoms with van der Waals surface area (Å²) in [5.74, 6) is -0.00864. The predicted molar refractivity (Wildman–Crippen MR) is 80.0 cm³/mol. The van der Waals surface area contributed by atoms with E-state index in [0.29, 0.717) is 28.0 Å². The van der Waals surface area contributed by atoms with Crippen molar-refractivity contribution in [3.63, 3.8) is 0 Å². The molecule has 1 saturated carbocycles. The van der Waals surface area contributed by atoms with E-state index < -0.39 is 23.1 Å².